The molecule has 1 aliphatic carbocycles. The Bertz CT molecular complexity index is 564. The summed E-state index contributed by atoms with van der Waals surface area (Å²) < 4.78 is 0. The normalized spacial score (nSPS) is 23.0. The monoisotopic (exact) mass is 334 g/mol. The lowest BCUT2D eigenvalue weighted by molar-refractivity contribution is 0.0698. The van der Waals surface area contributed by atoms with Crippen molar-refractivity contribution in [3.63, 3.8) is 0 Å². The molecular weight excluding hydrogens is 304 g/mol. The van der Waals surface area contributed by atoms with Crippen molar-refractivity contribution in [1.29, 1.82) is 0 Å². The smallest absolute Gasteiger partial charge is 0.263 e. The molecule has 1 atom stereocenters. The molecule has 1 saturated heterocycles. The largest absolute Gasteiger partial charge is 0.338 e. The van der Waals surface area contributed by atoms with E-state index >= 15 is 0 Å². The molecule has 128 valence electrons. The van der Waals surface area contributed by atoms with Crippen molar-refractivity contribution in [3.05, 3.63) is 21.4 Å². The second-order valence-corrected chi connectivity index (χ2v) is 9.47. The van der Waals surface area contributed by atoms with Gasteiger partial charge in [0, 0.05) is 18.0 Å². The van der Waals surface area contributed by atoms with Crippen LogP contribution in [0.15, 0.2) is 6.07 Å². The molecule has 2 N–H and O–H groups in total. The summed E-state index contributed by atoms with van der Waals surface area (Å²) in [7, 11) is 0. The third-order valence-electron chi connectivity index (χ3n) is 5.75. The molecule has 0 bridgehead atoms. The van der Waals surface area contributed by atoms with Gasteiger partial charge in [-0.3, -0.25) is 4.79 Å². The Morgan fingerprint density at radius 3 is 2.61 bits per heavy atom. The number of rotatable bonds is 2. The summed E-state index contributed by atoms with van der Waals surface area (Å²) in [5, 5.41) is 0. The predicted octanol–water partition coefficient (Wildman–Crippen LogP) is 3.71. The number of hydrogen-bond acceptors (Lipinski definition) is 3. The lowest BCUT2D eigenvalue weighted by Gasteiger charge is -2.33. The summed E-state index contributed by atoms with van der Waals surface area (Å²) in [6, 6.07) is 2.19. The highest BCUT2D eigenvalue weighted by molar-refractivity contribution is 7.14. The number of carbonyl (C=O) groups excluding carboxylic acids is 1. The van der Waals surface area contributed by atoms with Gasteiger partial charge in [-0.05, 0) is 67.5 Å². The summed E-state index contributed by atoms with van der Waals surface area (Å²) in [5.74, 6) is 1.57. The molecule has 1 fully saturated rings. The molecule has 1 amide bonds. The summed E-state index contributed by atoms with van der Waals surface area (Å²) in [6.07, 6.45) is 5.65. The van der Waals surface area contributed by atoms with Crippen LogP contribution in [0.5, 0.6) is 0 Å². The highest BCUT2D eigenvalue weighted by Crippen LogP contribution is 2.40. The van der Waals surface area contributed by atoms with Crippen LogP contribution in [0.25, 0.3) is 0 Å². The zero-order chi connectivity index (χ0) is 16.6. The van der Waals surface area contributed by atoms with Gasteiger partial charge in [0.2, 0.25) is 0 Å². The predicted molar refractivity (Wildman–Crippen MR) is 97.0 cm³/mol. The van der Waals surface area contributed by atoms with Crippen LogP contribution in [0.1, 0.15) is 60.1 Å². The average molecular weight is 335 g/mol. The third-order valence-corrected chi connectivity index (χ3v) is 6.98. The third kappa shape index (κ3) is 3.63. The summed E-state index contributed by atoms with van der Waals surface area (Å²) in [5.41, 5.74) is 7.54. The van der Waals surface area contributed by atoms with Crippen LogP contribution in [0, 0.1) is 17.3 Å². The van der Waals surface area contributed by atoms with Crippen LogP contribution < -0.4 is 5.73 Å². The Labute approximate surface area is 144 Å². The van der Waals surface area contributed by atoms with Crippen molar-refractivity contribution in [1.82, 2.24) is 4.90 Å². The fraction of sp³-hybridized carbons (Fsp3) is 0.737. The SMILES string of the molecule is CC(C)(C)C1CCc2sc(C(=O)N3CCC(CN)CC3)cc2C1. The minimum absolute atomic E-state index is 0.243. The zero-order valence-corrected chi connectivity index (χ0v) is 15.5. The highest BCUT2D eigenvalue weighted by Gasteiger charge is 2.31. The fourth-order valence-corrected chi connectivity index (χ4v) is 5.07. The van der Waals surface area contributed by atoms with E-state index in [1.54, 1.807) is 11.3 Å². The maximum Gasteiger partial charge on any atom is 0.263 e. The summed E-state index contributed by atoms with van der Waals surface area (Å²) in [4.78, 5) is 17.2. The van der Waals surface area contributed by atoms with Gasteiger partial charge in [0.15, 0.2) is 0 Å². The molecule has 23 heavy (non-hydrogen) atoms. The van der Waals surface area contributed by atoms with Crippen molar-refractivity contribution in [2.24, 2.45) is 23.0 Å². The van der Waals surface area contributed by atoms with E-state index in [1.165, 1.54) is 16.9 Å². The molecule has 0 aromatic carbocycles. The maximum absolute atomic E-state index is 12.8. The topological polar surface area (TPSA) is 46.3 Å². The van der Waals surface area contributed by atoms with Gasteiger partial charge in [-0.15, -0.1) is 11.3 Å². The Morgan fingerprint density at radius 1 is 1.30 bits per heavy atom. The van der Waals surface area contributed by atoms with Crippen molar-refractivity contribution in [2.45, 2.75) is 52.9 Å². The summed E-state index contributed by atoms with van der Waals surface area (Å²) >= 11 is 1.74. The van der Waals surface area contributed by atoms with Crippen LogP contribution in [-0.2, 0) is 12.8 Å². The van der Waals surface area contributed by atoms with E-state index in [4.69, 9.17) is 5.73 Å². The van der Waals surface area contributed by atoms with Gasteiger partial charge in [-0.2, -0.15) is 0 Å². The minimum Gasteiger partial charge on any atom is -0.338 e. The van der Waals surface area contributed by atoms with Crippen LogP contribution in [0.4, 0.5) is 0 Å². The van der Waals surface area contributed by atoms with Gasteiger partial charge in [-0.25, -0.2) is 0 Å². The van der Waals surface area contributed by atoms with E-state index in [9.17, 15) is 4.79 Å². The number of carbonyl (C=O) groups is 1. The van der Waals surface area contributed by atoms with Gasteiger partial charge in [0.05, 0.1) is 4.88 Å². The second-order valence-electron chi connectivity index (χ2n) is 8.34. The van der Waals surface area contributed by atoms with E-state index in [0.717, 1.165) is 56.1 Å². The van der Waals surface area contributed by atoms with E-state index in [-0.39, 0.29) is 5.91 Å². The minimum atomic E-state index is 0.243. The Morgan fingerprint density at radius 2 is 2.00 bits per heavy atom. The molecule has 0 saturated carbocycles. The van der Waals surface area contributed by atoms with Gasteiger partial charge < -0.3 is 10.6 Å². The molecule has 3 rings (SSSR count). The van der Waals surface area contributed by atoms with Crippen molar-refractivity contribution in [3.8, 4) is 0 Å². The van der Waals surface area contributed by atoms with Gasteiger partial charge in [-0.1, -0.05) is 20.8 Å². The summed E-state index contributed by atoms with van der Waals surface area (Å²) in [6.45, 7) is 9.50. The molecule has 1 aromatic heterocycles. The Kier molecular flexibility index (Phi) is 4.84. The molecular formula is C19H30N2OS. The van der Waals surface area contributed by atoms with Crippen molar-refractivity contribution >= 4 is 17.2 Å². The molecule has 0 radical (unpaired) electrons. The number of nitrogens with two attached hydrogens (primary N) is 1. The quantitative estimate of drug-likeness (QED) is 0.896. The van der Waals surface area contributed by atoms with Crippen molar-refractivity contribution < 1.29 is 4.79 Å². The first-order valence-electron chi connectivity index (χ1n) is 8.99. The highest BCUT2D eigenvalue weighted by atomic mass is 32.1. The fourth-order valence-electron chi connectivity index (χ4n) is 3.90. The van der Waals surface area contributed by atoms with Crippen LogP contribution in [0.2, 0.25) is 0 Å². The van der Waals surface area contributed by atoms with E-state index in [2.05, 4.69) is 26.8 Å². The second kappa shape index (κ2) is 6.56. The maximum atomic E-state index is 12.8. The molecule has 4 heteroatoms. The lowest BCUT2D eigenvalue weighted by atomic mass is 9.72. The number of amides is 1. The molecule has 1 unspecified atom stereocenters. The van der Waals surface area contributed by atoms with Crippen LogP contribution >= 0.6 is 11.3 Å². The zero-order valence-electron chi connectivity index (χ0n) is 14.7. The lowest BCUT2D eigenvalue weighted by Crippen LogP contribution is -2.39. The first-order chi connectivity index (χ1) is 10.9. The first kappa shape index (κ1) is 17.0. The van der Waals surface area contributed by atoms with Crippen LogP contribution in [-0.4, -0.2) is 30.4 Å². The number of thiophene rings is 1. The van der Waals surface area contributed by atoms with Gasteiger partial charge >= 0.3 is 0 Å². The van der Waals surface area contributed by atoms with Crippen LogP contribution in [0.3, 0.4) is 0 Å². The van der Waals surface area contributed by atoms with E-state index in [1.807, 2.05) is 4.90 Å². The number of likely N-dealkylation sites (tertiary alicyclic amines) is 1. The molecule has 3 nitrogen and oxygen atoms in total. The number of aryl methyl sites for hydroxylation is 1. The average Bonchev–Trinajstić information content (AvgIpc) is 2.96. The number of hydrogen-bond donors (Lipinski definition) is 1. The standard InChI is InChI=1S/C19H30N2OS/c1-19(2,3)15-4-5-16-14(10-15)11-17(23-16)18(22)21-8-6-13(12-20)7-9-21/h11,13,15H,4-10,12,20H2,1-3H3. The van der Waals surface area contributed by atoms with Gasteiger partial charge in [0.25, 0.3) is 5.91 Å². The number of piperidine rings is 1. The number of nitrogens with zero attached hydrogens (tertiary/aromatic N) is 1. The Balaban J connectivity index is 1.69. The Hall–Kier alpha value is -0.870. The van der Waals surface area contributed by atoms with E-state index < -0.39 is 0 Å². The molecule has 1 aromatic rings. The number of fused-ring (bicyclic) bond motifs is 1. The molecule has 2 heterocycles. The molecule has 0 spiro atoms. The molecule has 2 aliphatic rings. The van der Waals surface area contributed by atoms with Gasteiger partial charge in [0.1, 0.15) is 0 Å². The first-order valence-corrected chi connectivity index (χ1v) is 9.81. The molecule has 1 aliphatic heterocycles. The van der Waals surface area contributed by atoms with E-state index in [0.29, 0.717) is 11.3 Å². The van der Waals surface area contributed by atoms with Crippen molar-refractivity contribution in [2.75, 3.05) is 19.6 Å².